The molecule has 0 aliphatic rings. The fraction of sp³-hybridized carbons (Fsp3) is 0.364. The van der Waals surface area contributed by atoms with Gasteiger partial charge in [0.1, 0.15) is 11.4 Å². The lowest BCUT2D eigenvalue weighted by atomic mass is 10.1. The number of halogens is 2. The maximum atomic E-state index is 13.8. The van der Waals surface area contributed by atoms with Crippen LogP contribution in [0, 0.1) is 21.7 Å². The van der Waals surface area contributed by atoms with Gasteiger partial charge in [-0.05, 0) is 6.07 Å². The first-order valence-electron chi connectivity index (χ1n) is 5.27. The Hall–Kier alpha value is -2.09. The van der Waals surface area contributed by atoms with Crippen LogP contribution in [0.3, 0.4) is 0 Å². The maximum Gasteiger partial charge on any atom is 0.305 e. The maximum absolute atomic E-state index is 13.8. The molecule has 0 unspecified atom stereocenters. The number of amides is 1. The van der Waals surface area contributed by atoms with E-state index in [-0.39, 0.29) is 13.2 Å². The Kier molecular flexibility index (Phi) is 4.87. The SMILES string of the molecule is COCCN(C)C(=O)c1c(F)ccc([N+](=O)[O-])c1F. The zero-order chi connectivity index (χ0) is 14.6. The van der Waals surface area contributed by atoms with Gasteiger partial charge in [0.2, 0.25) is 5.82 Å². The molecule has 1 aromatic rings. The van der Waals surface area contributed by atoms with Crippen molar-refractivity contribution in [2.24, 2.45) is 0 Å². The van der Waals surface area contributed by atoms with Crippen molar-refractivity contribution in [3.8, 4) is 0 Å². The second kappa shape index (κ2) is 6.19. The molecule has 0 aromatic heterocycles. The first kappa shape index (κ1) is 15.0. The Morgan fingerprint density at radius 2 is 2.11 bits per heavy atom. The molecule has 0 saturated carbocycles. The van der Waals surface area contributed by atoms with Crippen LogP contribution >= 0.6 is 0 Å². The van der Waals surface area contributed by atoms with Gasteiger partial charge in [-0.15, -0.1) is 0 Å². The number of rotatable bonds is 5. The van der Waals surface area contributed by atoms with E-state index in [0.717, 1.165) is 4.90 Å². The Balaban J connectivity index is 3.15. The number of nitro benzene ring substituents is 1. The highest BCUT2D eigenvalue weighted by atomic mass is 19.1. The van der Waals surface area contributed by atoms with Crippen molar-refractivity contribution in [2.75, 3.05) is 27.3 Å². The van der Waals surface area contributed by atoms with Gasteiger partial charge < -0.3 is 9.64 Å². The minimum atomic E-state index is -1.47. The first-order valence-corrected chi connectivity index (χ1v) is 5.27. The van der Waals surface area contributed by atoms with Crippen molar-refractivity contribution in [3.05, 3.63) is 39.4 Å². The van der Waals surface area contributed by atoms with Gasteiger partial charge in [0.25, 0.3) is 5.91 Å². The van der Waals surface area contributed by atoms with Crippen molar-refractivity contribution in [2.45, 2.75) is 0 Å². The number of ether oxygens (including phenoxy) is 1. The predicted octanol–water partition coefficient (Wildman–Crippen LogP) is 1.59. The van der Waals surface area contributed by atoms with E-state index in [1.807, 2.05) is 0 Å². The van der Waals surface area contributed by atoms with Crippen molar-refractivity contribution in [3.63, 3.8) is 0 Å². The van der Waals surface area contributed by atoms with Crippen LogP contribution in [-0.2, 0) is 4.74 Å². The number of benzene rings is 1. The number of carbonyl (C=O) groups excluding carboxylic acids is 1. The van der Waals surface area contributed by atoms with Gasteiger partial charge in [0.15, 0.2) is 0 Å². The number of hydrogen-bond acceptors (Lipinski definition) is 4. The second-order valence-corrected chi connectivity index (χ2v) is 3.73. The highest BCUT2D eigenvalue weighted by Crippen LogP contribution is 2.23. The molecule has 1 rings (SSSR count). The van der Waals surface area contributed by atoms with Crippen LogP contribution in [-0.4, -0.2) is 43.0 Å². The molecule has 0 aliphatic heterocycles. The van der Waals surface area contributed by atoms with Crippen LogP contribution in [0.2, 0.25) is 0 Å². The fourth-order valence-electron chi connectivity index (χ4n) is 1.40. The third-order valence-electron chi connectivity index (χ3n) is 2.46. The molecule has 1 aromatic carbocycles. The Labute approximate surface area is 107 Å². The lowest BCUT2D eigenvalue weighted by Gasteiger charge is -2.17. The number of likely N-dealkylation sites (N-methyl/N-ethyl adjacent to an activating group) is 1. The molecule has 1 amide bonds. The molecule has 8 heteroatoms. The molecular weight excluding hydrogens is 262 g/mol. The van der Waals surface area contributed by atoms with Crippen LogP contribution in [0.25, 0.3) is 0 Å². The summed E-state index contributed by atoms with van der Waals surface area (Å²) in [6.45, 7) is 0.289. The van der Waals surface area contributed by atoms with E-state index in [2.05, 4.69) is 0 Å². The van der Waals surface area contributed by atoms with E-state index >= 15 is 0 Å². The van der Waals surface area contributed by atoms with Crippen LogP contribution in [0.4, 0.5) is 14.5 Å². The Bertz CT molecular complexity index is 508. The summed E-state index contributed by atoms with van der Waals surface area (Å²) in [5.74, 6) is -3.59. The molecule has 104 valence electrons. The van der Waals surface area contributed by atoms with E-state index in [1.54, 1.807) is 0 Å². The molecule has 0 saturated heterocycles. The molecule has 0 heterocycles. The van der Waals surface area contributed by atoms with Crippen molar-refractivity contribution in [1.82, 2.24) is 4.90 Å². The molecule has 0 fully saturated rings. The zero-order valence-electron chi connectivity index (χ0n) is 10.4. The van der Waals surface area contributed by atoms with E-state index in [1.165, 1.54) is 14.2 Å². The van der Waals surface area contributed by atoms with Gasteiger partial charge in [-0.25, -0.2) is 4.39 Å². The van der Waals surface area contributed by atoms with Gasteiger partial charge >= 0.3 is 5.69 Å². The smallest absolute Gasteiger partial charge is 0.305 e. The van der Waals surface area contributed by atoms with E-state index in [0.29, 0.717) is 12.1 Å². The molecule has 0 spiro atoms. The van der Waals surface area contributed by atoms with Gasteiger partial charge in [-0.3, -0.25) is 14.9 Å². The van der Waals surface area contributed by atoms with Crippen LogP contribution < -0.4 is 0 Å². The van der Waals surface area contributed by atoms with Gasteiger partial charge in [0.05, 0.1) is 11.5 Å². The molecule has 0 bridgehead atoms. The van der Waals surface area contributed by atoms with Gasteiger partial charge in [0, 0.05) is 26.8 Å². The summed E-state index contributed by atoms with van der Waals surface area (Å²) < 4.78 is 32.0. The highest BCUT2D eigenvalue weighted by Gasteiger charge is 2.27. The number of methoxy groups -OCH3 is 1. The van der Waals surface area contributed by atoms with E-state index < -0.39 is 33.7 Å². The average molecular weight is 274 g/mol. The van der Waals surface area contributed by atoms with Crippen LogP contribution in [0.5, 0.6) is 0 Å². The summed E-state index contributed by atoms with van der Waals surface area (Å²) in [6, 6.07) is 1.37. The predicted molar refractivity (Wildman–Crippen MR) is 61.8 cm³/mol. The highest BCUT2D eigenvalue weighted by molar-refractivity contribution is 5.95. The average Bonchev–Trinajstić information content (AvgIpc) is 2.35. The molecule has 19 heavy (non-hydrogen) atoms. The summed E-state index contributed by atoms with van der Waals surface area (Å²) in [6.07, 6.45) is 0. The largest absolute Gasteiger partial charge is 0.383 e. The van der Waals surface area contributed by atoms with E-state index in [9.17, 15) is 23.7 Å². The fourth-order valence-corrected chi connectivity index (χ4v) is 1.40. The standard InChI is InChI=1S/C11H12F2N2O4/c1-14(5-6-19-2)11(16)9-7(12)3-4-8(10(9)13)15(17)18/h3-4H,5-6H2,1-2H3. The lowest BCUT2D eigenvalue weighted by Crippen LogP contribution is -2.31. The normalized spacial score (nSPS) is 10.3. The quantitative estimate of drug-likeness (QED) is 0.603. The number of nitrogens with zero attached hydrogens (tertiary/aromatic N) is 2. The molecule has 0 radical (unpaired) electrons. The minimum absolute atomic E-state index is 0.108. The molecule has 0 aliphatic carbocycles. The monoisotopic (exact) mass is 274 g/mol. The molecular formula is C11H12F2N2O4. The summed E-state index contributed by atoms with van der Waals surface area (Å²) >= 11 is 0. The van der Waals surface area contributed by atoms with Gasteiger partial charge in [-0.2, -0.15) is 4.39 Å². The van der Waals surface area contributed by atoms with Crippen LogP contribution in [0.15, 0.2) is 12.1 Å². The Morgan fingerprint density at radius 1 is 1.47 bits per heavy atom. The summed E-state index contributed by atoms with van der Waals surface area (Å²) in [4.78, 5) is 22.4. The Morgan fingerprint density at radius 3 is 2.63 bits per heavy atom. The number of hydrogen-bond donors (Lipinski definition) is 0. The third kappa shape index (κ3) is 3.22. The first-order chi connectivity index (χ1) is 8.90. The number of nitro groups is 1. The second-order valence-electron chi connectivity index (χ2n) is 3.73. The number of carbonyl (C=O) groups is 1. The van der Waals surface area contributed by atoms with E-state index in [4.69, 9.17) is 4.74 Å². The lowest BCUT2D eigenvalue weighted by molar-refractivity contribution is -0.387. The third-order valence-corrected chi connectivity index (χ3v) is 2.46. The zero-order valence-corrected chi connectivity index (χ0v) is 10.4. The summed E-state index contributed by atoms with van der Waals surface area (Å²) in [7, 11) is 2.73. The molecule has 0 atom stereocenters. The van der Waals surface area contributed by atoms with Crippen molar-refractivity contribution >= 4 is 11.6 Å². The van der Waals surface area contributed by atoms with Crippen molar-refractivity contribution in [1.29, 1.82) is 0 Å². The summed E-state index contributed by atoms with van der Waals surface area (Å²) in [5, 5.41) is 10.5. The van der Waals surface area contributed by atoms with Crippen LogP contribution in [0.1, 0.15) is 10.4 Å². The van der Waals surface area contributed by atoms with Crippen molar-refractivity contribution < 1.29 is 23.2 Å². The molecule has 6 nitrogen and oxygen atoms in total. The molecule has 0 N–H and O–H groups in total. The van der Waals surface area contributed by atoms with Gasteiger partial charge in [-0.1, -0.05) is 0 Å². The summed E-state index contributed by atoms with van der Waals surface area (Å²) in [5.41, 5.74) is -1.88. The topological polar surface area (TPSA) is 72.7 Å². The minimum Gasteiger partial charge on any atom is -0.383 e.